The molecule has 0 atom stereocenters. The molecule has 3 aromatic carbocycles. The average Bonchev–Trinajstić information content (AvgIpc) is 2.84. The van der Waals surface area contributed by atoms with Crippen LogP contribution < -0.4 is 0 Å². The van der Waals surface area contributed by atoms with Crippen LogP contribution in [0.1, 0.15) is 5.56 Å². The molecule has 0 spiro atoms. The lowest BCUT2D eigenvalue weighted by atomic mass is 10.00. The van der Waals surface area contributed by atoms with Crippen LogP contribution in [0, 0.1) is 6.92 Å². The Labute approximate surface area is 117 Å². The lowest BCUT2D eigenvalue weighted by Crippen LogP contribution is -1.83. The molecule has 0 amide bonds. The highest BCUT2D eigenvalue weighted by Gasteiger charge is 2.11. The highest BCUT2D eigenvalue weighted by molar-refractivity contribution is 6.00. The van der Waals surface area contributed by atoms with E-state index in [2.05, 4.69) is 78.6 Å². The third kappa shape index (κ3) is 1.56. The monoisotopic (exact) mass is 257 g/mol. The van der Waals surface area contributed by atoms with Gasteiger partial charge in [0.05, 0.1) is 5.69 Å². The molecule has 0 aliphatic heterocycles. The van der Waals surface area contributed by atoms with Gasteiger partial charge in [0, 0.05) is 16.5 Å². The Hall–Kier alpha value is -2.54. The second kappa shape index (κ2) is 4.24. The van der Waals surface area contributed by atoms with Crippen LogP contribution in [0.5, 0.6) is 0 Å². The van der Waals surface area contributed by atoms with Gasteiger partial charge in [-0.25, -0.2) is 0 Å². The van der Waals surface area contributed by atoms with E-state index in [4.69, 9.17) is 0 Å². The maximum absolute atomic E-state index is 3.57. The fraction of sp³-hybridized carbons (Fsp3) is 0.0526. The third-order valence-corrected chi connectivity index (χ3v) is 4.02. The number of rotatable bonds is 1. The molecule has 1 aromatic heterocycles. The van der Waals surface area contributed by atoms with Gasteiger partial charge in [-0.05, 0) is 29.3 Å². The van der Waals surface area contributed by atoms with E-state index in [-0.39, 0.29) is 0 Å². The number of benzene rings is 3. The van der Waals surface area contributed by atoms with Gasteiger partial charge >= 0.3 is 0 Å². The predicted octanol–water partition coefficient (Wildman–Crippen LogP) is 5.30. The van der Waals surface area contributed by atoms with E-state index >= 15 is 0 Å². The number of nitrogens with one attached hydrogen (secondary N) is 1. The number of aromatic amines is 1. The molecule has 0 bridgehead atoms. The summed E-state index contributed by atoms with van der Waals surface area (Å²) < 4.78 is 0. The molecule has 0 aliphatic rings. The predicted molar refractivity (Wildman–Crippen MR) is 86.0 cm³/mol. The van der Waals surface area contributed by atoms with Gasteiger partial charge in [0.2, 0.25) is 0 Å². The first-order valence-electron chi connectivity index (χ1n) is 6.90. The lowest BCUT2D eigenvalue weighted by molar-refractivity contribution is 1.42. The molecular weight excluding hydrogens is 242 g/mol. The molecule has 0 aliphatic carbocycles. The summed E-state index contributed by atoms with van der Waals surface area (Å²) in [5, 5.41) is 3.88. The normalized spacial score (nSPS) is 11.2. The van der Waals surface area contributed by atoms with Gasteiger partial charge in [-0.1, -0.05) is 60.7 Å². The number of hydrogen-bond donors (Lipinski definition) is 1. The maximum atomic E-state index is 3.57. The second-order valence-corrected chi connectivity index (χ2v) is 5.20. The summed E-state index contributed by atoms with van der Waals surface area (Å²) >= 11 is 0. The Bertz CT molecular complexity index is 910. The fourth-order valence-electron chi connectivity index (χ4n) is 2.99. The Balaban J connectivity index is 2.09. The molecule has 1 nitrogen and oxygen atoms in total. The van der Waals surface area contributed by atoms with Gasteiger partial charge < -0.3 is 4.98 Å². The molecule has 20 heavy (non-hydrogen) atoms. The molecule has 96 valence electrons. The molecule has 0 fully saturated rings. The highest BCUT2D eigenvalue weighted by Crippen LogP contribution is 2.33. The van der Waals surface area contributed by atoms with Gasteiger partial charge in [-0.3, -0.25) is 0 Å². The quantitative estimate of drug-likeness (QED) is 0.476. The van der Waals surface area contributed by atoms with Crippen molar-refractivity contribution in [1.82, 2.24) is 4.98 Å². The van der Waals surface area contributed by atoms with Gasteiger partial charge in [-0.2, -0.15) is 0 Å². The van der Waals surface area contributed by atoms with Crippen molar-refractivity contribution in [1.29, 1.82) is 0 Å². The average molecular weight is 257 g/mol. The fourth-order valence-corrected chi connectivity index (χ4v) is 2.99. The van der Waals surface area contributed by atoms with Crippen LogP contribution in [0.15, 0.2) is 66.7 Å². The van der Waals surface area contributed by atoms with Crippen LogP contribution in [-0.4, -0.2) is 4.98 Å². The summed E-state index contributed by atoms with van der Waals surface area (Å²) in [6.45, 7) is 2.19. The van der Waals surface area contributed by atoms with Crippen LogP contribution in [0.2, 0.25) is 0 Å². The molecular formula is C19H15N. The minimum Gasteiger partial charge on any atom is -0.354 e. The van der Waals surface area contributed by atoms with E-state index in [0.29, 0.717) is 0 Å². The van der Waals surface area contributed by atoms with E-state index < -0.39 is 0 Å². The van der Waals surface area contributed by atoms with E-state index in [9.17, 15) is 0 Å². The first kappa shape index (κ1) is 11.3. The zero-order chi connectivity index (χ0) is 13.5. The van der Waals surface area contributed by atoms with Gasteiger partial charge in [0.25, 0.3) is 0 Å². The van der Waals surface area contributed by atoms with Gasteiger partial charge in [-0.15, -0.1) is 0 Å². The first-order chi connectivity index (χ1) is 9.84. The van der Waals surface area contributed by atoms with Crippen LogP contribution in [0.3, 0.4) is 0 Å². The number of aromatic nitrogens is 1. The van der Waals surface area contributed by atoms with Crippen molar-refractivity contribution in [2.75, 3.05) is 0 Å². The van der Waals surface area contributed by atoms with E-state index in [1.165, 1.54) is 38.5 Å². The van der Waals surface area contributed by atoms with Crippen LogP contribution in [-0.2, 0) is 0 Å². The Morgan fingerprint density at radius 1 is 0.700 bits per heavy atom. The molecule has 1 N–H and O–H groups in total. The summed E-state index contributed by atoms with van der Waals surface area (Å²) in [6, 6.07) is 23.5. The van der Waals surface area contributed by atoms with Gasteiger partial charge in [0.15, 0.2) is 0 Å². The number of fused-ring (bicyclic) bond motifs is 2. The van der Waals surface area contributed by atoms with E-state index in [1.54, 1.807) is 0 Å². The van der Waals surface area contributed by atoms with Crippen molar-refractivity contribution in [3.63, 3.8) is 0 Å². The van der Waals surface area contributed by atoms with Crippen molar-refractivity contribution in [3.8, 4) is 11.3 Å². The number of H-pyrrole nitrogens is 1. The molecule has 4 rings (SSSR count). The number of hydrogen-bond acceptors (Lipinski definition) is 0. The molecule has 4 aromatic rings. The Morgan fingerprint density at radius 3 is 2.25 bits per heavy atom. The van der Waals surface area contributed by atoms with E-state index in [1.807, 2.05) is 0 Å². The minimum absolute atomic E-state index is 1.20. The number of aryl methyl sites for hydroxylation is 1. The smallest absolute Gasteiger partial charge is 0.0500 e. The second-order valence-electron chi connectivity index (χ2n) is 5.20. The van der Waals surface area contributed by atoms with Crippen molar-refractivity contribution >= 4 is 21.7 Å². The summed E-state index contributed by atoms with van der Waals surface area (Å²) in [5.74, 6) is 0. The van der Waals surface area contributed by atoms with Crippen molar-refractivity contribution in [2.45, 2.75) is 6.92 Å². The van der Waals surface area contributed by atoms with Crippen molar-refractivity contribution < 1.29 is 0 Å². The highest BCUT2D eigenvalue weighted by atomic mass is 14.7. The lowest BCUT2D eigenvalue weighted by Gasteiger charge is -2.06. The van der Waals surface area contributed by atoms with Crippen LogP contribution in [0.25, 0.3) is 32.9 Å². The number of para-hydroxylation sites is 1. The van der Waals surface area contributed by atoms with Crippen LogP contribution >= 0.6 is 0 Å². The van der Waals surface area contributed by atoms with Crippen molar-refractivity contribution in [2.24, 2.45) is 0 Å². The van der Waals surface area contributed by atoms with Crippen molar-refractivity contribution in [3.05, 3.63) is 72.3 Å². The Kier molecular flexibility index (Phi) is 2.40. The summed E-state index contributed by atoms with van der Waals surface area (Å²) in [5.41, 5.74) is 5.02. The molecule has 0 saturated carbocycles. The molecule has 1 heterocycles. The summed E-state index contributed by atoms with van der Waals surface area (Å²) in [7, 11) is 0. The molecule has 0 radical (unpaired) electrons. The van der Waals surface area contributed by atoms with E-state index in [0.717, 1.165) is 0 Å². The largest absolute Gasteiger partial charge is 0.354 e. The minimum atomic E-state index is 1.20. The maximum Gasteiger partial charge on any atom is 0.0500 e. The molecule has 0 saturated heterocycles. The Morgan fingerprint density at radius 2 is 1.40 bits per heavy atom. The van der Waals surface area contributed by atoms with Crippen LogP contribution in [0.4, 0.5) is 0 Å². The standard InChI is InChI=1S/C19H15N/c1-13-15-9-4-5-12-18(15)20-19(13)17-11-6-8-14-7-2-3-10-16(14)17/h2-12,20H,1H3. The third-order valence-electron chi connectivity index (χ3n) is 4.02. The summed E-state index contributed by atoms with van der Waals surface area (Å²) in [6.07, 6.45) is 0. The first-order valence-corrected chi connectivity index (χ1v) is 6.90. The zero-order valence-corrected chi connectivity index (χ0v) is 11.4. The topological polar surface area (TPSA) is 15.8 Å². The molecule has 0 unspecified atom stereocenters. The van der Waals surface area contributed by atoms with Gasteiger partial charge in [0.1, 0.15) is 0 Å². The zero-order valence-electron chi connectivity index (χ0n) is 11.4. The molecule has 1 heteroatoms. The SMILES string of the molecule is Cc1c(-c2cccc3ccccc23)[nH]c2ccccc12. The summed E-state index contributed by atoms with van der Waals surface area (Å²) in [4.78, 5) is 3.57.